The highest BCUT2D eigenvalue weighted by Crippen LogP contribution is 2.34. The zero-order chi connectivity index (χ0) is 23.5. The minimum Gasteiger partial charge on any atom is -0.467 e. The number of primary amides is 1. The van der Waals surface area contributed by atoms with Crippen molar-refractivity contribution in [2.24, 2.45) is 16.6 Å². The highest BCUT2D eigenvalue weighted by molar-refractivity contribution is 6.34. The molecule has 3 unspecified atom stereocenters. The number of nitrogens with zero attached hydrogens (tertiary/aromatic N) is 1. The summed E-state index contributed by atoms with van der Waals surface area (Å²) in [5.41, 5.74) is 5.06. The van der Waals surface area contributed by atoms with Crippen molar-refractivity contribution in [1.82, 2.24) is 0 Å². The summed E-state index contributed by atoms with van der Waals surface area (Å²) in [5.74, 6) is -2.68. The van der Waals surface area contributed by atoms with Gasteiger partial charge in [0.1, 0.15) is 5.82 Å². The van der Waals surface area contributed by atoms with Crippen molar-refractivity contribution in [3.8, 4) is 0 Å². The van der Waals surface area contributed by atoms with Gasteiger partial charge in [-0.3, -0.25) is 14.4 Å². The second-order valence-corrected chi connectivity index (χ2v) is 7.80. The van der Waals surface area contributed by atoms with Gasteiger partial charge in [-0.1, -0.05) is 31.9 Å². The first-order valence-electron chi connectivity index (χ1n) is 9.85. The second-order valence-electron chi connectivity index (χ2n) is 7.39. The third kappa shape index (κ3) is 4.43. The van der Waals surface area contributed by atoms with Gasteiger partial charge >= 0.3 is 0 Å². The van der Waals surface area contributed by atoms with Crippen molar-refractivity contribution in [3.63, 3.8) is 0 Å². The summed E-state index contributed by atoms with van der Waals surface area (Å²) in [7, 11) is 0. The lowest BCUT2D eigenvalue weighted by molar-refractivity contribution is -0.136. The summed E-state index contributed by atoms with van der Waals surface area (Å²) in [6, 6.07) is 9.72. The number of amides is 3. The normalized spacial score (nSPS) is 20.3. The Morgan fingerprint density at radius 3 is 2.38 bits per heavy atom. The number of halogens is 2. The number of hydrogen-bond acceptors (Lipinski definition) is 5. The van der Waals surface area contributed by atoms with Crippen molar-refractivity contribution in [3.05, 3.63) is 58.9 Å². The number of carbonyl (C=O) groups is 3. The molecule has 168 valence electrons. The van der Waals surface area contributed by atoms with E-state index in [1.165, 1.54) is 6.07 Å². The molecule has 4 N–H and O–H groups in total. The van der Waals surface area contributed by atoms with Crippen molar-refractivity contribution in [2.45, 2.75) is 31.9 Å². The number of rotatable bonds is 7. The lowest BCUT2D eigenvalue weighted by atomic mass is 9.78. The molecular formula is C22H22ClFN4O4. The summed E-state index contributed by atoms with van der Waals surface area (Å²) >= 11 is 5.91. The fraction of sp³-hybridized carbons (Fsp3) is 0.273. The van der Waals surface area contributed by atoms with E-state index in [0.29, 0.717) is 17.8 Å². The zero-order valence-corrected chi connectivity index (χ0v) is 18.2. The molecule has 32 heavy (non-hydrogen) atoms. The van der Waals surface area contributed by atoms with Gasteiger partial charge in [-0.05, 0) is 48.4 Å². The van der Waals surface area contributed by atoms with E-state index in [1.54, 1.807) is 31.2 Å². The lowest BCUT2D eigenvalue weighted by Gasteiger charge is -2.32. The first-order valence-corrected chi connectivity index (χ1v) is 10.2. The second kappa shape index (κ2) is 9.35. The van der Waals surface area contributed by atoms with Gasteiger partial charge in [-0.25, -0.2) is 9.38 Å². The number of anilines is 2. The van der Waals surface area contributed by atoms with Crippen LogP contribution in [0, 0.1) is 11.7 Å². The zero-order valence-electron chi connectivity index (χ0n) is 17.4. The molecule has 3 atom stereocenters. The van der Waals surface area contributed by atoms with Gasteiger partial charge in [0.2, 0.25) is 12.0 Å². The van der Waals surface area contributed by atoms with Crippen LogP contribution in [0.4, 0.5) is 15.8 Å². The van der Waals surface area contributed by atoms with Gasteiger partial charge in [0.15, 0.2) is 11.9 Å². The number of hydrogen-bond donors (Lipinski definition) is 3. The first kappa shape index (κ1) is 23.2. The van der Waals surface area contributed by atoms with Crippen LogP contribution in [0.15, 0.2) is 47.5 Å². The molecule has 2 aromatic carbocycles. The van der Waals surface area contributed by atoms with Crippen LogP contribution in [0.25, 0.3) is 0 Å². The van der Waals surface area contributed by atoms with Crippen molar-refractivity contribution >= 4 is 47.1 Å². The van der Waals surface area contributed by atoms with Gasteiger partial charge in [0.05, 0.1) is 10.6 Å². The van der Waals surface area contributed by atoms with Gasteiger partial charge in [0.25, 0.3) is 11.8 Å². The molecule has 0 saturated carbocycles. The van der Waals surface area contributed by atoms with Crippen LogP contribution < -0.4 is 16.4 Å². The van der Waals surface area contributed by atoms with Crippen LogP contribution in [0.3, 0.4) is 0 Å². The molecule has 3 rings (SSSR count). The topological polar surface area (TPSA) is 123 Å². The highest BCUT2D eigenvalue weighted by Gasteiger charge is 2.55. The van der Waals surface area contributed by atoms with E-state index >= 15 is 0 Å². The van der Waals surface area contributed by atoms with E-state index in [2.05, 4.69) is 15.6 Å². The van der Waals surface area contributed by atoms with Gasteiger partial charge in [0, 0.05) is 11.4 Å². The summed E-state index contributed by atoms with van der Waals surface area (Å²) in [6.07, 6.45) is 0.454. The largest absolute Gasteiger partial charge is 0.467 e. The van der Waals surface area contributed by atoms with E-state index < -0.39 is 35.2 Å². The third-order valence-electron chi connectivity index (χ3n) is 5.45. The Labute approximate surface area is 189 Å². The molecular weight excluding hydrogens is 439 g/mol. The monoisotopic (exact) mass is 460 g/mol. The Morgan fingerprint density at radius 1 is 1.19 bits per heavy atom. The predicted molar refractivity (Wildman–Crippen MR) is 119 cm³/mol. The van der Waals surface area contributed by atoms with Gasteiger partial charge in [-0.2, -0.15) is 0 Å². The molecule has 0 aliphatic carbocycles. The van der Waals surface area contributed by atoms with Crippen LogP contribution >= 0.6 is 11.6 Å². The number of benzene rings is 2. The Bertz CT molecular complexity index is 1080. The maximum absolute atomic E-state index is 13.2. The average Bonchev–Trinajstić information content (AvgIpc) is 3.21. The maximum Gasteiger partial charge on any atom is 0.268 e. The molecule has 3 amide bonds. The van der Waals surface area contributed by atoms with Crippen LogP contribution in [0.2, 0.25) is 5.02 Å². The number of nitrogens with two attached hydrogens (primary N) is 1. The molecule has 1 heterocycles. The standard InChI is InChI=1S/C22H22ClFN4O4/c1-3-12(2)22(21(25)31)18(32-11-26-22)20(30)28-15-7-5-14(6-8-15)27-19(29)16-9-4-13(24)10-17(16)23/h4-12,18H,3H2,1-2H3,(H2,25,31)(H,27,29)(H,28,30). The third-order valence-corrected chi connectivity index (χ3v) is 5.76. The number of carbonyl (C=O) groups excluding carboxylic acids is 3. The molecule has 1 aliphatic rings. The summed E-state index contributed by atoms with van der Waals surface area (Å²) in [6.45, 7) is 3.65. The van der Waals surface area contributed by atoms with E-state index in [-0.39, 0.29) is 16.5 Å². The van der Waals surface area contributed by atoms with E-state index in [0.717, 1.165) is 18.5 Å². The van der Waals surface area contributed by atoms with E-state index in [9.17, 15) is 18.8 Å². The van der Waals surface area contributed by atoms with Crippen LogP contribution in [-0.2, 0) is 14.3 Å². The van der Waals surface area contributed by atoms with Gasteiger partial charge < -0.3 is 21.1 Å². The molecule has 0 fully saturated rings. The minimum absolute atomic E-state index is 0.00981. The molecule has 8 nitrogen and oxygen atoms in total. The van der Waals surface area contributed by atoms with E-state index in [1.807, 2.05) is 6.92 Å². The van der Waals surface area contributed by atoms with Gasteiger partial charge in [-0.15, -0.1) is 0 Å². The smallest absolute Gasteiger partial charge is 0.268 e. The highest BCUT2D eigenvalue weighted by atomic mass is 35.5. The fourth-order valence-electron chi connectivity index (χ4n) is 3.46. The molecule has 0 radical (unpaired) electrons. The maximum atomic E-state index is 13.2. The molecule has 10 heteroatoms. The molecule has 2 aromatic rings. The molecule has 1 aliphatic heterocycles. The van der Waals surface area contributed by atoms with Crippen molar-refractivity contribution in [2.75, 3.05) is 10.6 Å². The van der Waals surface area contributed by atoms with E-state index in [4.69, 9.17) is 22.1 Å². The molecule has 0 saturated heterocycles. The van der Waals surface area contributed by atoms with Crippen molar-refractivity contribution in [1.29, 1.82) is 0 Å². The Balaban J connectivity index is 1.69. The SMILES string of the molecule is CCC(C)C1(C(N)=O)N=COC1C(=O)Nc1ccc(NC(=O)c2ccc(F)cc2Cl)cc1. The molecule has 0 spiro atoms. The fourth-order valence-corrected chi connectivity index (χ4v) is 3.71. The predicted octanol–water partition coefficient (Wildman–Crippen LogP) is 3.37. The summed E-state index contributed by atoms with van der Waals surface area (Å²) in [5, 5.41) is 5.30. The number of ether oxygens (including phenoxy) is 1. The quantitative estimate of drug-likeness (QED) is 0.586. The van der Waals surface area contributed by atoms with Crippen molar-refractivity contribution < 1.29 is 23.5 Å². The summed E-state index contributed by atoms with van der Waals surface area (Å²) < 4.78 is 18.5. The lowest BCUT2D eigenvalue weighted by Crippen LogP contribution is -2.58. The summed E-state index contributed by atoms with van der Waals surface area (Å²) in [4.78, 5) is 41.5. The minimum atomic E-state index is -1.48. The molecule has 0 bridgehead atoms. The molecule has 0 aromatic heterocycles. The van der Waals surface area contributed by atoms with Crippen LogP contribution in [0.1, 0.15) is 30.6 Å². The van der Waals surface area contributed by atoms with Crippen LogP contribution in [-0.4, -0.2) is 35.8 Å². The average molecular weight is 461 g/mol. The number of nitrogens with one attached hydrogen (secondary N) is 2. The Hall–Kier alpha value is -3.46. The van der Waals surface area contributed by atoms with Crippen LogP contribution in [0.5, 0.6) is 0 Å². The Morgan fingerprint density at radius 2 is 1.81 bits per heavy atom. The Kier molecular flexibility index (Phi) is 6.78. The number of aliphatic imine (C=N–C) groups is 1. The first-order chi connectivity index (χ1) is 15.2.